The van der Waals surface area contributed by atoms with E-state index in [0.717, 1.165) is 5.82 Å². The summed E-state index contributed by atoms with van der Waals surface area (Å²) in [6.45, 7) is 2.11. The number of rotatable bonds is 4. The summed E-state index contributed by atoms with van der Waals surface area (Å²) in [5, 5.41) is 12.7. The molecule has 6 heteroatoms. The Morgan fingerprint density at radius 1 is 1.79 bits per heavy atom. The van der Waals surface area contributed by atoms with Gasteiger partial charge in [0, 0.05) is 7.05 Å². The Morgan fingerprint density at radius 3 is 2.86 bits per heavy atom. The van der Waals surface area contributed by atoms with Gasteiger partial charge < -0.3 is 5.11 Å². The molecule has 1 unspecified atom stereocenters. The van der Waals surface area contributed by atoms with Crippen molar-refractivity contribution in [2.75, 3.05) is 7.05 Å². The summed E-state index contributed by atoms with van der Waals surface area (Å²) >= 11 is 0. The number of nitrogens with zero attached hydrogens (tertiary/aromatic N) is 4. The third-order valence-corrected chi connectivity index (χ3v) is 2.21. The third kappa shape index (κ3) is 2.29. The molecule has 0 saturated heterocycles. The zero-order valence-corrected chi connectivity index (χ0v) is 8.51. The van der Waals surface area contributed by atoms with Crippen molar-refractivity contribution in [3.8, 4) is 0 Å². The molecule has 0 aromatic carbocycles. The van der Waals surface area contributed by atoms with E-state index in [1.54, 1.807) is 30.6 Å². The molecular formula is C8H14N4O2. The monoisotopic (exact) mass is 198 g/mol. The van der Waals surface area contributed by atoms with Crippen molar-refractivity contribution in [1.29, 1.82) is 0 Å². The number of carboxylic acids is 1. The Kier molecular flexibility index (Phi) is 3.19. The van der Waals surface area contributed by atoms with Crippen LogP contribution in [0.1, 0.15) is 12.7 Å². The minimum atomic E-state index is -0.838. The standard InChI is InChI=1S/C8H14N4O2/c1-6(8(13)14)11(2)4-7-9-5-10-12(7)3/h5-6H,4H2,1-3H3,(H,13,14). The van der Waals surface area contributed by atoms with Crippen LogP contribution in [0.3, 0.4) is 0 Å². The molecule has 14 heavy (non-hydrogen) atoms. The number of aliphatic carboxylic acids is 1. The van der Waals surface area contributed by atoms with E-state index < -0.39 is 12.0 Å². The molecule has 0 saturated carbocycles. The average molecular weight is 198 g/mol. The van der Waals surface area contributed by atoms with Gasteiger partial charge in [0.05, 0.1) is 6.54 Å². The quantitative estimate of drug-likeness (QED) is 0.720. The van der Waals surface area contributed by atoms with Crippen molar-refractivity contribution in [2.45, 2.75) is 19.5 Å². The lowest BCUT2D eigenvalue weighted by Gasteiger charge is -2.19. The third-order valence-electron chi connectivity index (χ3n) is 2.21. The molecule has 0 amide bonds. The van der Waals surface area contributed by atoms with E-state index in [1.165, 1.54) is 6.33 Å². The van der Waals surface area contributed by atoms with Gasteiger partial charge in [-0.25, -0.2) is 4.98 Å². The Morgan fingerprint density at radius 2 is 2.43 bits per heavy atom. The van der Waals surface area contributed by atoms with Gasteiger partial charge >= 0.3 is 5.97 Å². The molecule has 0 fully saturated rings. The van der Waals surface area contributed by atoms with Crippen molar-refractivity contribution in [1.82, 2.24) is 19.7 Å². The first-order chi connectivity index (χ1) is 6.52. The fourth-order valence-corrected chi connectivity index (χ4v) is 1.01. The van der Waals surface area contributed by atoms with Crippen LogP contribution >= 0.6 is 0 Å². The van der Waals surface area contributed by atoms with Crippen LogP contribution < -0.4 is 0 Å². The highest BCUT2D eigenvalue weighted by Crippen LogP contribution is 2.02. The first-order valence-electron chi connectivity index (χ1n) is 4.28. The van der Waals surface area contributed by atoms with Crippen molar-refractivity contribution in [3.05, 3.63) is 12.2 Å². The van der Waals surface area contributed by atoms with E-state index in [4.69, 9.17) is 5.11 Å². The highest BCUT2D eigenvalue weighted by atomic mass is 16.4. The zero-order chi connectivity index (χ0) is 10.7. The summed E-state index contributed by atoms with van der Waals surface area (Å²) < 4.78 is 1.63. The van der Waals surface area contributed by atoms with E-state index in [-0.39, 0.29) is 0 Å². The second-order valence-corrected chi connectivity index (χ2v) is 3.23. The van der Waals surface area contributed by atoms with Crippen LogP contribution in [-0.4, -0.2) is 43.8 Å². The lowest BCUT2D eigenvalue weighted by molar-refractivity contribution is -0.142. The highest BCUT2D eigenvalue weighted by molar-refractivity contribution is 5.72. The van der Waals surface area contributed by atoms with E-state index in [9.17, 15) is 4.79 Å². The van der Waals surface area contributed by atoms with Gasteiger partial charge in [-0.15, -0.1) is 0 Å². The molecule has 1 aromatic rings. The predicted molar refractivity (Wildman–Crippen MR) is 49.6 cm³/mol. The van der Waals surface area contributed by atoms with Gasteiger partial charge in [-0.1, -0.05) is 0 Å². The summed E-state index contributed by atoms with van der Waals surface area (Å²) in [5.41, 5.74) is 0. The van der Waals surface area contributed by atoms with Gasteiger partial charge in [-0.05, 0) is 14.0 Å². The lowest BCUT2D eigenvalue weighted by atomic mass is 10.3. The van der Waals surface area contributed by atoms with Crippen molar-refractivity contribution >= 4 is 5.97 Å². The molecule has 1 heterocycles. The van der Waals surface area contributed by atoms with Crippen LogP contribution in [0.25, 0.3) is 0 Å². The van der Waals surface area contributed by atoms with Crippen LogP contribution in [0.5, 0.6) is 0 Å². The lowest BCUT2D eigenvalue weighted by Crippen LogP contribution is -2.35. The molecule has 1 aromatic heterocycles. The second-order valence-electron chi connectivity index (χ2n) is 3.23. The Hall–Kier alpha value is -1.43. The summed E-state index contributed by atoms with van der Waals surface area (Å²) in [6, 6.07) is -0.522. The summed E-state index contributed by atoms with van der Waals surface area (Å²) in [7, 11) is 3.52. The second kappa shape index (κ2) is 4.19. The number of carbonyl (C=O) groups is 1. The minimum absolute atomic E-state index is 0.476. The number of carboxylic acid groups (broad SMARTS) is 1. The number of hydrogen-bond acceptors (Lipinski definition) is 4. The van der Waals surface area contributed by atoms with Crippen LogP contribution in [0.2, 0.25) is 0 Å². The molecule has 6 nitrogen and oxygen atoms in total. The summed E-state index contributed by atoms with van der Waals surface area (Å²) in [4.78, 5) is 16.4. The van der Waals surface area contributed by atoms with Gasteiger partial charge in [-0.2, -0.15) is 5.10 Å². The molecule has 1 N–H and O–H groups in total. The SMILES string of the molecule is CC(C(=O)O)N(C)Cc1ncnn1C. The minimum Gasteiger partial charge on any atom is -0.480 e. The van der Waals surface area contributed by atoms with Crippen LogP contribution in [0.15, 0.2) is 6.33 Å². The molecule has 0 spiro atoms. The van der Waals surface area contributed by atoms with Crippen LogP contribution in [-0.2, 0) is 18.4 Å². The molecule has 1 rings (SSSR count). The van der Waals surface area contributed by atoms with Crippen LogP contribution in [0, 0.1) is 0 Å². The largest absolute Gasteiger partial charge is 0.480 e. The van der Waals surface area contributed by atoms with Crippen molar-refractivity contribution in [2.24, 2.45) is 7.05 Å². The molecular weight excluding hydrogens is 184 g/mol. The highest BCUT2D eigenvalue weighted by Gasteiger charge is 2.18. The summed E-state index contributed by atoms with van der Waals surface area (Å²) in [6.07, 6.45) is 1.45. The van der Waals surface area contributed by atoms with E-state index in [2.05, 4.69) is 10.1 Å². The van der Waals surface area contributed by atoms with E-state index in [0.29, 0.717) is 6.54 Å². The zero-order valence-electron chi connectivity index (χ0n) is 8.51. The molecule has 0 aliphatic heterocycles. The normalized spacial score (nSPS) is 13.1. The Labute approximate surface area is 82.2 Å². The van der Waals surface area contributed by atoms with Gasteiger partial charge in [0.25, 0.3) is 0 Å². The molecule has 78 valence electrons. The van der Waals surface area contributed by atoms with E-state index >= 15 is 0 Å². The van der Waals surface area contributed by atoms with Gasteiger partial charge in [0.2, 0.25) is 0 Å². The first kappa shape index (κ1) is 10.6. The van der Waals surface area contributed by atoms with Gasteiger partial charge in [0.15, 0.2) is 0 Å². The number of hydrogen-bond donors (Lipinski definition) is 1. The fraction of sp³-hybridized carbons (Fsp3) is 0.625. The number of aryl methyl sites for hydroxylation is 1. The van der Waals surface area contributed by atoms with Crippen molar-refractivity contribution in [3.63, 3.8) is 0 Å². The number of aromatic nitrogens is 3. The predicted octanol–water partition coefficient (Wildman–Crippen LogP) is -0.280. The van der Waals surface area contributed by atoms with Crippen LogP contribution in [0.4, 0.5) is 0 Å². The maximum Gasteiger partial charge on any atom is 0.320 e. The van der Waals surface area contributed by atoms with Gasteiger partial charge in [-0.3, -0.25) is 14.4 Å². The van der Waals surface area contributed by atoms with Gasteiger partial charge in [0.1, 0.15) is 18.2 Å². The smallest absolute Gasteiger partial charge is 0.320 e. The average Bonchev–Trinajstić information content (AvgIpc) is 2.50. The molecule has 0 radical (unpaired) electrons. The Bertz CT molecular complexity index is 323. The maximum atomic E-state index is 10.7. The molecule has 0 aliphatic carbocycles. The maximum absolute atomic E-state index is 10.7. The fourth-order valence-electron chi connectivity index (χ4n) is 1.01. The molecule has 1 atom stereocenters. The Balaban J connectivity index is 2.61. The summed E-state index contributed by atoms with van der Waals surface area (Å²) in [5.74, 6) is -0.0877. The first-order valence-corrected chi connectivity index (χ1v) is 4.28. The molecule has 0 bridgehead atoms. The topological polar surface area (TPSA) is 71.2 Å². The number of likely N-dealkylation sites (N-methyl/N-ethyl adjacent to an activating group) is 1. The molecule has 0 aliphatic rings. The van der Waals surface area contributed by atoms with Crippen molar-refractivity contribution < 1.29 is 9.90 Å². The van der Waals surface area contributed by atoms with E-state index in [1.807, 2.05) is 0 Å².